The third kappa shape index (κ3) is 3.61. The fourth-order valence-corrected chi connectivity index (χ4v) is 2.29. The molecule has 0 amide bonds. The summed E-state index contributed by atoms with van der Waals surface area (Å²) in [6, 6.07) is 4.67. The summed E-state index contributed by atoms with van der Waals surface area (Å²) in [5.41, 5.74) is 3.09. The van der Waals surface area contributed by atoms with Crippen LogP contribution in [0.3, 0.4) is 0 Å². The summed E-state index contributed by atoms with van der Waals surface area (Å²) in [4.78, 5) is 8.77. The minimum atomic E-state index is 0.523. The Labute approximate surface area is 125 Å². The van der Waals surface area contributed by atoms with Crippen LogP contribution in [0.15, 0.2) is 24.7 Å². The minimum absolute atomic E-state index is 0.523. The second kappa shape index (κ2) is 6.26. The highest BCUT2D eigenvalue weighted by molar-refractivity contribution is 5.29. The van der Waals surface area contributed by atoms with E-state index in [0.717, 1.165) is 35.9 Å². The van der Waals surface area contributed by atoms with Crippen molar-refractivity contribution in [3.05, 3.63) is 41.7 Å². The van der Waals surface area contributed by atoms with E-state index in [1.54, 1.807) is 0 Å². The van der Waals surface area contributed by atoms with Crippen LogP contribution in [0.25, 0.3) is 0 Å². The quantitative estimate of drug-likeness (QED) is 0.849. The zero-order valence-corrected chi connectivity index (χ0v) is 12.7. The molecule has 0 aliphatic heterocycles. The van der Waals surface area contributed by atoms with Crippen molar-refractivity contribution in [2.45, 2.75) is 52.4 Å². The lowest BCUT2D eigenvalue weighted by atomic mass is 10.2. The van der Waals surface area contributed by atoms with Gasteiger partial charge in [-0.1, -0.05) is 0 Å². The summed E-state index contributed by atoms with van der Waals surface area (Å²) in [5, 5.41) is 3.50. The number of rotatable bonds is 7. The maximum atomic E-state index is 5.97. The number of aromatic nitrogens is 3. The smallest absolute Gasteiger partial charge is 0.142 e. The Morgan fingerprint density at radius 2 is 2.24 bits per heavy atom. The van der Waals surface area contributed by atoms with Gasteiger partial charge in [-0.05, 0) is 38.8 Å². The highest BCUT2D eigenvalue weighted by atomic mass is 16.5. The molecule has 2 heterocycles. The number of hydrogen-bond donors (Lipinski definition) is 1. The molecule has 2 aromatic rings. The van der Waals surface area contributed by atoms with Crippen molar-refractivity contribution in [2.75, 3.05) is 0 Å². The van der Waals surface area contributed by atoms with E-state index < -0.39 is 0 Å². The zero-order valence-electron chi connectivity index (χ0n) is 12.7. The molecule has 1 fully saturated rings. The molecule has 1 aliphatic carbocycles. The first-order valence-electron chi connectivity index (χ1n) is 7.58. The van der Waals surface area contributed by atoms with Gasteiger partial charge in [-0.15, -0.1) is 0 Å². The maximum Gasteiger partial charge on any atom is 0.142 e. The standard InChI is InChI=1S/C16H22N4O/c1-3-20-11-17-8-14(20)10-21-16-7-4-12(2)19-15(16)9-18-13-5-6-13/h4,7-8,11,13,18H,3,5-6,9-10H2,1-2H3. The summed E-state index contributed by atoms with van der Waals surface area (Å²) >= 11 is 0. The molecule has 3 rings (SSSR count). The van der Waals surface area contributed by atoms with Crippen LogP contribution in [0.5, 0.6) is 5.75 Å². The van der Waals surface area contributed by atoms with Gasteiger partial charge >= 0.3 is 0 Å². The Hall–Kier alpha value is -1.88. The van der Waals surface area contributed by atoms with E-state index in [0.29, 0.717) is 12.6 Å². The molecular formula is C16H22N4O. The average Bonchev–Trinajstić information content (AvgIpc) is 3.21. The number of hydrogen-bond acceptors (Lipinski definition) is 4. The van der Waals surface area contributed by atoms with Crippen LogP contribution >= 0.6 is 0 Å². The van der Waals surface area contributed by atoms with Gasteiger partial charge in [0.2, 0.25) is 0 Å². The topological polar surface area (TPSA) is 52.0 Å². The first-order chi connectivity index (χ1) is 10.3. The van der Waals surface area contributed by atoms with Crippen molar-refractivity contribution in [3.63, 3.8) is 0 Å². The lowest BCUT2D eigenvalue weighted by Crippen LogP contribution is -2.17. The molecule has 21 heavy (non-hydrogen) atoms. The van der Waals surface area contributed by atoms with Gasteiger partial charge in [0.05, 0.1) is 23.9 Å². The Kier molecular flexibility index (Phi) is 4.20. The maximum absolute atomic E-state index is 5.97. The van der Waals surface area contributed by atoms with Gasteiger partial charge in [0.15, 0.2) is 0 Å². The van der Waals surface area contributed by atoms with Crippen molar-refractivity contribution >= 4 is 0 Å². The molecule has 0 radical (unpaired) electrons. The highest BCUT2D eigenvalue weighted by Gasteiger charge is 2.21. The van der Waals surface area contributed by atoms with Gasteiger partial charge < -0.3 is 14.6 Å². The Bertz CT molecular complexity index is 604. The molecule has 5 nitrogen and oxygen atoms in total. The molecular weight excluding hydrogens is 264 g/mol. The van der Waals surface area contributed by atoms with Crippen LogP contribution in [-0.2, 0) is 19.7 Å². The first-order valence-corrected chi connectivity index (χ1v) is 7.58. The number of imidazole rings is 1. The second-order valence-electron chi connectivity index (χ2n) is 5.51. The molecule has 5 heteroatoms. The predicted octanol–water partition coefficient (Wildman–Crippen LogP) is 2.44. The van der Waals surface area contributed by atoms with Crippen molar-refractivity contribution in [3.8, 4) is 5.75 Å². The molecule has 2 aromatic heterocycles. The van der Waals surface area contributed by atoms with Crippen LogP contribution in [0.4, 0.5) is 0 Å². The molecule has 0 aromatic carbocycles. The lowest BCUT2D eigenvalue weighted by Gasteiger charge is -2.13. The third-order valence-corrected chi connectivity index (χ3v) is 3.72. The SMILES string of the molecule is CCn1cncc1COc1ccc(C)nc1CNC1CC1. The molecule has 1 N–H and O–H groups in total. The zero-order chi connectivity index (χ0) is 14.7. The van der Waals surface area contributed by atoms with Gasteiger partial charge in [0.25, 0.3) is 0 Å². The fourth-order valence-electron chi connectivity index (χ4n) is 2.29. The number of pyridine rings is 1. The normalized spacial score (nSPS) is 14.4. The highest BCUT2D eigenvalue weighted by Crippen LogP contribution is 2.22. The molecule has 112 valence electrons. The van der Waals surface area contributed by atoms with Crippen molar-refractivity contribution in [1.29, 1.82) is 0 Å². The summed E-state index contributed by atoms with van der Waals surface area (Å²) in [5.74, 6) is 0.859. The van der Waals surface area contributed by atoms with E-state index in [-0.39, 0.29) is 0 Å². The summed E-state index contributed by atoms with van der Waals surface area (Å²) in [7, 11) is 0. The van der Waals surface area contributed by atoms with Crippen LogP contribution in [0.2, 0.25) is 0 Å². The van der Waals surface area contributed by atoms with Crippen LogP contribution in [-0.4, -0.2) is 20.6 Å². The molecule has 1 saturated carbocycles. The van der Waals surface area contributed by atoms with Gasteiger partial charge in [0.1, 0.15) is 12.4 Å². The van der Waals surface area contributed by atoms with Gasteiger partial charge in [0, 0.05) is 24.8 Å². The van der Waals surface area contributed by atoms with E-state index in [4.69, 9.17) is 4.74 Å². The largest absolute Gasteiger partial charge is 0.485 e. The summed E-state index contributed by atoms with van der Waals surface area (Å²) < 4.78 is 8.06. The van der Waals surface area contributed by atoms with Crippen LogP contribution in [0.1, 0.15) is 36.8 Å². The molecule has 0 spiro atoms. The predicted molar refractivity (Wildman–Crippen MR) is 81.1 cm³/mol. The number of nitrogens with one attached hydrogen (secondary N) is 1. The number of aryl methyl sites for hydroxylation is 2. The Balaban J connectivity index is 1.68. The first kappa shape index (κ1) is 14.1. The van der Waals surface area contributed by atoms with Gasteiger partial charge in [-0.3, -0.25) is 4.98 Å². The number of ether oxygens (including phenoxy) is 1. The van der Waals surface area contributed by atoms with Crippen molar-refractivity contribution in [2.24, 2.45) is 0 Å². The monoisotopic (exact) mass is 286 g/mol. The second-order valence-corrected chi connectivity index (χ2v) is 5.51. The van der Waals surface area contributed by atoms with E-state index in [2.05, 4.69) is 26.8 Å². The Morgan fingerprint density at radius 1 is 1.38 bits per heavy atom. The molecule has 0 unspecified atom stereocenters. The molecule has 0 bridgehead atoms. The molecule has 1 aliphatic rings. The number of nitrogens with zero attached hydrogens (tertiary/aromatic N) is 3. The van der Waals surface area contributed by atoms with E-state index in [1.165, 1.54) is 12.8 Å². The fraction of sp³-hybridized carbons (Fsp3) is 0.500. The average molecular weight is 286 g/mol. The van der Waals surface area contributed by atoms with Crippen molar-refractivity contribution < 1.29 is 4.74 Å². The van der Waals surface area contributed by atoms with E-state index in [9.17, 15) is 0 Å². The lowest BCUT2D eigenvalue weighted by molar-refractivity contribution is 0.289. The van der Waals surface area contributed by atoms with Gasteiger partial charge in [-0.25, -0.2) is 4.98 Å². The molecule has 0 atom stereocenters. The van der Waals surface area contributed by atoms with Crippen molar-refractivity contribution in [1.82, 2.24) is 19.9 Å². The van der Waals surface area contributed by atoms with Gasteiger partial charge in [-0.2, -0.15) is 0 Å². The van der Waals surface area contributed by atoms with Crippen LogP contribution in [0, 0.1) is 6.92 Å². The van der Waals surface area contributed by atoms with E-state index >= 15 is 0 Å². The summed E-state index contributed by atoms with van der Waals surface area (Å²) in [6.07, 6.45) is 6.24. The minimum Gasteiger partial charge on any atom is -0.485 e. The van der Waals surface area contributed by atoms with E-state index in [1.807, 2.05) is 31.6 Å². The summed E-state index contributed by atoms with van der Waals surface area (Å²) in [6.45, 7) is 6.31. The van der Waals surface area contributed by atoms with Crippen LogP contribution < -0.4 is 10.1 Å². The molecule has 0 saturated heterocycles. The third-order valence-electron chi connectivity index (χ3n) is 3.72. The Morgan fingerprint density at radius 3 is 3.00 bits per heavy atom.